The van der Waals surface area contributed by atoms with Crippen LogP contribution in [-0.4, -0.2) is 47.3 Å². The van der Waals surface area contributed by atoms with Gasteiger partial charge in [-0.25, -0.2) is 0 Å². The van der Waals surface area contributed by atoms with E-state index in [1.807, 2.05) is 25.1 Å². The molecule has 0 radical (unpaired) electrons. The third-order valence-corrected chi connectivity index (χ3v) is 5.93. The van der Waals surface area contributed by atoms with E-state index in [4.69, 9.17) is 6.42 Å². The van der Waals surface area contributed by atoms with Crippen LogP contribution in [0.4, 0.5) is 5.69 Å². The molecular formula is C26H29N3O. The molecule has 1 saturated heterocycles. The van der Waals surface area contributed by atoms with Crippen molar-refractivity contribution in [2.75, 3.05) is 37.6 Å². The van der Waals surface area contributed by atoms with Crippen molar-refractivity contribution in [3.8, 4) is 18.1 Å². The molecule has 4 nitrogen and oxygen atoms in total. The van der Waals surface area contributed by atoms with Crippen LogP contribution in [0.25, 0.3) is 17.0 Å². The second-order valence-corrected chi connectivity index (χ2v) is 7.74. The van der Waals surface area contributed by atoms with Crippen LogP contribution in [0, 0.1) is 12.3 Å². The predicted molar refractivity (Wildman–Crippen MR) is 126 cm³/mol. The van der Waals surface area contributed by atoms with Crippen molar-refractivity contribution < 1.29 is 5.11 Å². The monoisotopic (exact) mass is 399 g/mol. The molecule has 0 spiro atoms. The number of anilines is 1. The number of aryl methyl sites for hydroxylation is 1. The second kappa shape index (κ2) is 9.11. The van der Waals surface area contributed by atoms with Gasteiger partial charge in [0.2, 0.25) is 0 Å². The van der Waals surface area contributed by atoms with Gasteiger partial charge in [-0.15, -0.1) is 6.42 Å². The molecule has 154 valence electrons. The third-order valence-electron chi connectivity index (χ3n) is 5.93. The van der Waals surface area contributed by atoms with Gasteiger partial charge in [0.1, 0.15) is 5.75 Å². The van der Waals surface area contributed by atoms with E-state index < -0.39 is 0 Å². The summed E-state index contributed by atoms with van der Waals surface area (Å²) >= 11 is 0. The van der Waals surface area contributed by atoms with E-state index >= 15 is 0 Å². The SMILES string of the molecule is C#Cc1c(/C=C\C)n(CCCN2CCN(c3ccccc3O)CC2)c2ccccc12. The Bertz CT molecular complexity index is 1080. The van der Waals surface area contributed by atoms with E-state index in [9.17, 15) is 5.11 Å². The van der Waals surface area contributed by atoms with Crippen molar-refractivity contribution in [1.29, 1.82) is 0 Å². The van der Waals surface area contributed by atoms with Crippen LogP contribution >= 0.6 is 0 Å². The summed E-state index contributed by atoms with van der Waals surface area (Å²) in [5.41, 5.74) is 4.27. The zero-order valence-corrected chi connectivity index (χ0v) is 17.6. The molecular weight excluding hydrogens is 370 g/mol. The van der Waals surface area contributed by atoms with Gasteiger partial charge in [-0.05, 0) is 44.2 Å². The Labute approximate surface area is 179 Å². The summed E-state index contributed by atoms with van der Waals surface area (Å²) in [6, 6.07) is 16.0. The molecule has 1 aliphatic rings. The van der Waals surface area contributed by atoms with Gasteiger partial charge in [0, 0.05) is 43.6 Å². The minimum atomic E-state index is 0.367. The molecule has 0 saturated carbocycles. The zero-order chi connectivity index (χ0) is 20.9. The van der Waals surface area contributed by atoms with E-state index in [-0.39, 0.29) is 0 Å². The number of hydrogen-bond acceptors (Lipinski definition) is 3. The molecule has 1 N–H and O–H groups in total. The van der Waals surface area contributed by atoms with Crippen molar-refractivity contribution in [1.82, 2.24) is 9.47 Å². The summed E-state index contributed by atoms with van der Waals surface area (Å²) < 4.78 is 2.36. The maximum atomic E-state index is 10.1. The summed E-state index contributed by atoms with van der Waals surface area (Å²) in [6.07, 6.45) is 11.1. The topological polar surface area (TPSA) is 31.6 Å². The first kappa shape index (κ1) is 20.1. The van der Waals surface area contributed by atoms with Crippen LogP contribution in [0.5, 0.6) is 5.75 Å². The lowest BCUT2D eigenvalue weighted by Crippen LogP contribution is -2.46. The smallest absolute Gasteiger partial charge is 0.138 e. The van der Waals surface area contributed by atoms with Gasteiger partial charge in [0.15, 0.2) is 0 Å². The normalized spacial score (nSPS) is 15.1. The van der Waals surface area contributed by atoms with Crippen LogP contribution in [0.2, 0.25) is 0 Å². The highest BCUT2D eigenvalue weighted by atomic mass is 16.3. The highest BCUT2D eigenvalue weighted by molar-refractivity contribution is 5.91. The first-order valence-electron chi connectivity index (χ1n) is 10.7. The first-order chi connectivity index (χ1) is 14.7. The summed E-state index contributed by atoms with van der Waals surface area (Å²) in [5.74, 6) is 3.27. The minimum Gasteiger partial charge on any atom is -0.506 e. The number of aromatic hydroxyl groups is 1. The Balaban J connectivity index is 1.40. The van der Waals surface area contributed by atoms with E-state index in [1.54, 1.807) is 6.07 Å². The second-order valence-electron chi connectivity index (χ2n) is 7.74. The molecule has 0 bridgehead atoms. The molecule has 0 aliphatic carbocycles. The number of rotatable bonds is 6. The number of para-hydroxylation sites is 3. The summed E-state index contributed by atoms with van der Waals surface area (Å²) in [6.45, 7) is 7.94. The Kier molecular flexibility index (Phi) is 6.11. The van der Waals surface area contributed by atoms with Crippen LogP contribution < -0.4 is 4.90 Å². The fraction of sp³-hybridized carbons (Fsp3) is 0.308. The van der Waals surface area contributed by atoms with Crippen LogP contribution in [0.15, 0.2) is 54.6 Å². The average Bonchev–Trinajstić information content (AvgIpc) is 3.07. The number of piperazine rings is 1. The molecule has 1 aromatic heterocycles. The summed E-state index contributed by atoms with van der Waals surface area (Å²) in [7, 11) is 0. The average molecular weight is 400 g/mol. The maximum Gasteiger partial charge on any atom is 0.138 e. The predicted octanol–water partition coefficient (Wildman–Crippen LogP) is 4.57. The van der Waals surface area contributed by atoms with Crippen molar-refractivity contribution in [2.24, 2.45) is 0 Å². The van der Waals surface area contributed by atoms with Gasteiger partial charge in [0.25, 0.3) is 0 Å². The van der Waals surface area contributed by atoms with Gasteiger partial charge >= 0.3 is 0 Å². The molecule has 1 aliphatic heterocycles. The Morgan fingerprint density at radius 2 is 1.73 bits per heavy atom. The van der Waals surface area contributed by atoms with Gasteiger partial charge in [-0.2, -0.15) is 0 Å². The van der Waals surface area contributed by atoms with Crippen LogP contribution in [0.1, 0.15) is 24.6 Å². The summed E-state index contributed by atoms with van der Waals surface area (Å²) in [4.78, 5) is 4.79. The quantitative estimate of drug-likeness (QED) is 0.616. The number of phenolic OH excluding ortho intramolecular Hbond substituents is 1. The molecule has 3 aromatic rings. The van der Waals surface area contributed by atoms with E-state index in [0.717, 1.165) is 68.0 Å². The summed E-state index contributed by atoms with van der Waals surface area (Å²) in [5, 5.41) is 11.3. The van der Waals surface area contributed by atoms with Crippen molar-refractivity contribution >= 4 is 22.7 Å². The lowest BCUT2D eigenvalue weighted by atomic mass is 10.1. The first-order valence-corrected chi connectivity index (χ1v) is 10.7. The Hall–Kier alpha value is -3.16. The van der Waals surface area contributed by atoms with Crippen molar-refractivity contribution in [2.45, 2.75) is 19.9 Å². The fourth-order valence-corrected chi connectivity index (χ4v) is 4.44. The number of phenols is 1. The molecule has 4 heteroatoms. The fourth-order valence-electron chi connectivity index (χ4n) is 4.44. The number of aromatic nitrogens is 1. The zero-order valence-electron chi connectivity index (χ0n) is 17.6. The molecule has 0 unspecified atom stereocenters. The molecule has 0 atom stereocenters. The standard InChI is InChI=1S/C26H29N3O/c1-3-10-23-21(4-2)22-11-5-6-12-24(22)29(23)16-9-15-27-17-19-28(20-18-27)25-13-7-8-14-26(25)30/h2-3,5-8,10-14,30H,9,15-20H2,1H3/b10-3-. The number of hydrogen-bond donors (Lipinski definition) is 1. The molecule has 4 rings (SSSR count). The molecule has 0 amide bonds. The minimum absolute atomic E-state index is 0.367. The van der Waals surface area contributed by atoms with E-state index in [0.29, 0.717) is 5.75 Å². The lowest BCUT2D eigenvalue weighted by Gasteiger charge is -2.36. The van der Waals surface area contributed by atoms with E-state index in [2.05, 4.69) is 56.7 Å². The lowest BCUT2D eigenvalue weighted by molar-refractivity contribution is 0.250. The Morgan fingerprint density at radius 3 is 2.47 bits per heavy atom. The highest BCUT2D eigenvalue weighted by Crippen LogP contribution is 2.28. The van der Waals surface area contributed by atoms with Crippen molar-refractivity contribution in [3.63, 3.8) is 0 Å². The molecule has 1 fully saturated rings. The van der Waals surface area contributed by atoms with Gasteiger partial charge in [-0.1, -0.05) is 42.3 Å². The number of nitrogens with zero attached hydrogens (tertiary/aromatic N) is 3. The largest absolute Gasteiger partial charge is 0.506 e. The molecule has 2 heterocycles. The van der Waals surface area contributed by atoms with Gasteiger partial charge < -0.3 is 14.6 Å². The van der Waals surface area contributed by atoms with Crippen LogP contribution in [0.3, 0.4) is 0 Å². The number of allylic oxidation sites excluding steroid dienone is 1. The van der Waals surface area contributed by atoms with Gasteiger partial charge in [0.05, 0.1) is 16.9 Å². The van der Waals surface area contributed by atoms with Gasteiger partial charge in [-0.3, -0.25) is 4.90 Å². The highest BCUT2D eigenvalue weighted by Gasteiger charge is 2.19. The number of terminal acetylenes is 1. The maximum absolute atomic E-state index is 10.1. The third kappa shape index (κ3) is 3.94. The number of fused-ring (bicyclic) bond motifs is 1. The Morgan fingerprint density at radius 1 is 1.00 bits per heavy atom. The van der Waals surface area contributed by atoms with Crippen molar-refractivity contribution in [3.05, 3.63) is 65.9 Å². The molecule has 2 aromatic carbocycles. The number of benzene rings is 2. The van der Waals surface area contributed by atoms with E-state index in [1.165, 1.54) is 5.52 Å². The van der Waals surface area contributed by atoms with Crippen LogP contribution in [-0.2, 0) is 6.54 Å². The molecule has 30 heavy (non-hydrogen) atoms.